The van der Waals surface area contributed by atoms with Gasteiger partial charge in [0.2, 0.25) is 5.91 Å². The number of aryl methyl sites for hydroxylation is 2. The van der Waals surface area contributed by atoms with Crippen molar-refractivity contribution in [2.24, 2.45) is 5.92 Å². The molecule has 0 spiro atoms. The summed E-state index contributed by atoms with van der Waals surface area (Å²) in [7, 11) is 2.18. The van der Waals surface area contributed by atoms with E-state index >= 15 is 0 Å². The molecule has 0 bridgehead atoms. The van der Waals surface area contributed by atoms with E-state index in [1.807, 2.05) is 6.92 Å². The summed E-state index contributed by atoms with van der Waals surface area (Å²) in [5.41, 5.74) is 3.33. The summed E-state index contributed by atoms with van der Waals surface area (Å²) >= 11 is 0. The second-order valence-electron chi connectivity index (χ2n) is 6.32. The van der Waals surface area contributed by atoms with Gasteiger partial charge in [0.1, 0.15) is 0 Å². The molecule has 5 heteroatoms. The van der Waals surface area contributed by atoms with Gasteiger partial charge in [-0.1, -0.05) is 0 Å². The molecule has 2 fully saturated rings. The van der Waals surface area contributed by atoms with Gasteiger partial charge in [0.15, 0.2) is 0 Å². The van der Waals surface area contributed by atoms with Crippen LogP contribution >= 0.6 is 0 Å². The highest BCUT2D eigenvalue weighted by molar-refractivity contribution is 5.77. The lowest BCUT2D eigenvalue weighted by Crippen LogP contribution is -2.35. The summed E-state index contributed by atoms with van der Waals surface area (Å²) in [4.78, 5) is 16.8. The van der Waals surface area contributed by atoms with Crippen LogP contribution in [0.2, 0.25) is 0 Å². The molecule has 1 aromatic heterocycles. The van der Waals surface area contributed by atoms with E-state index in [2.05, 4.69) is 34.0 Å². The van der Waals surface area contributed by atoms with Gasteiger partial charge in [-0.25, -0.2) is 0 Å². The summed E-state index contributed by atoms with van der Waals surface area (Å²) in [5, 5.41) is 7.27. The van der Waals surface area contributed by atoms with Gasteiger partial charge in [-0.05, 0) is 45.3 Å². The lowest BCUT2D eigenvalue weighted by atomic mass is 10.1. The van der Waals surface area contributed by atoms with E-state index in [0.717, 1.165) is 30.9 Å². The number of likely N-dealkylation sites (tertiary alicyclic amines) is 2. The first kappa shape index (κ1) is 13.6. The zero-order valence-corrected chi connectivity index (χ0v) is 12.6. The molecule has 1 aromatic rings. The molecule has 20 heavy (non-hydrogen) atoms. The molecular formula is C15H24N4O. The summed E-state index contributed by atoms with van der Waals surface area (Å²) in [6, 6.07) is 0.591. The third-order valence-corrected chi connectivity index (χ3v) is 5.11. The number of amides is 1. The Bertz CT molecular complexity index is 510. The molecule has 1 amide bonds. The van der Waals surface area contributed by atoms with Gasteiger partial charge in [0.25, 0.3) is 0 Å². The number of nitrogens with zero attached hydrogens (tertiary/aromatic N) is 3. The Morgan fingerprint density at radius 3 is 2.85 bits per heavy atom. The predicted octanol–water partition coefficient (Wildman–Crippen LogP) is 1.12. The van der Waals surface area contributed by atoms with Crippen molar-refractivity contribution >= 4 is 5.91 Å². The smallest absolute Gasteiger partial charge is 0.223 e. The second-order valence-corrected chi connectivity index (χ2v) is 6.32. The van der Waals surface area contributed by atoms with Crippen LogP contribution in [0.15, 0.2) is 0 Å². The number of aromatic nitrogens is 2. The number of likely N-dealkylation sites (N-methyl/N-ethyl adjacent to an activating group) is 1. The number of nitrogens with one attached hydrogen (secondary N) is 1. The first-order chi connectivity index (χ1) is 9.56. The van der Waals surface area contributed by atoms with E-state index in [9.17, 15) is 4.79 Å². The van der Waals surface area contributed by atoms with Crippen LogP contribution in [0.5, 0.6) is 0 Å². The highest BCUT2D eigenvalue weighted by Gasteiger charge is 2.40. The minimum atomic E-state index is 0.285. The Labute approximate surface area is 120 Å². The third-order valence-electron chi connectivity index (χ3n) is 5.11. The molecule has 0 radical (unpaired) electrons. The van der Waals surface area contributed by atoms with Crippen molar-refractivity contribution < 1.29 is 4.79 Å². The Morgan fingerprint density at radius 2 is 2.20 bits per heavy atom. The monoisotopic (exact) mass is 276 g/mol. The van der Waals surface area contributed by atoms with Gasteiger partial charge in [0.05, 0.1) is 5.69 Å². The van der Waals surface area contributed by atoms with Gasteiger partial charge < -0.3 is 9.80 Å². The SMILES string of the molecule is Cc1[nH]nc(CCC(=O)N2C[C@@H]3CCN(C)[C@@H]3C2)c1C. The van der Waals surface area contributed by atoms with Gasteiger partial charge in [-0.3, -0.25) is 9.89 Å². The number of rotatable bonds is 3. The van der Waals surface area contributed by atoms with Crippen LogP contribution in [0.25, 0.3) is 0 Å². The Balaban J connectivity index is 1.54. The van der Waals surface area contributed by atoms with Crippen molar-refractivity contribution in [2.75, 3.05) is 26.7 Å². The van der Waals surface area contributed by atoms with E-state index < -0.39 is 0 Å². The third kappa shape index (κ3) is 2.35. The lowest BCUT2D eigenvalue weighted by Gasteiger charge is -2.20. The van der Waals surface area contributed by atoms with Crippen molar-refractivity contribution in [3.63, 3.8) is 0 Å². The first-order valence-corrected chi connectivity index (χ1v) is 7.54. The number of carbonyl (C=O) groups is 1. The van der Waals surface area contributed by atoms with Gasteiger partial charge >= 0.3 is 0 Å². The molecule has 1 N–H and O–H groups in total. The van der Waals surface area contributed by atoms with E-state index in [4.69, 9.17) is 0 Å². The molecule has 0 aliphatic carbocycles. The standard InChI is InChI=1S/C15H24N4O/c1-10-11(2)16-17-13(10)4-5-15(20)19-8-12-6-7-18(3)14(12)9-19/h12,14H,4-9H2,1-3H3,(H,16,17)/t12-,14+/m0/s1. The van der Waals surface area contributed by atoms with Crippen LogP contribution in [0, 0.1) is 19.8 Å². The summed E-state index contributed by atoms with van der Waals surface area (Å²) in [5.74, 6) is 0.978. The van der Waals surface area contributed by atoms with Crippen molar-refractivity contribution in [3.8, 4) is 0 Å². The molecule has 3 rings (SSSR count). The highest BCUT2D eigenvalue weighted by Crippen LogP contribution is 2.30. The Hall–Kier alpha value is -1.36. The van der Waals surface area contributed by atoms with Crippen LogP contribution in [-0.4, -0.2) is 58.6 Å². The molecule has 2 saturated heterocycles. The topological polar surface area (TPSA) is 52.2 Å². The molecule has 0 unspecified atom stereocenters. The number of aromatic amines is 1. The molecule has 5 nitrogen and oxygen atoms in total. The molecule has 0 aromatic carbocycles. The van der Waals surface area contributed by atoms with Crippen molar-refractivity contribution in [3.05, 3.63) is 17.0 Å². The minimum Gasteiger partial charge on any atom is -0.341 e. The maximum atomic E-state index is 12.3. The van der Waals surface area contributed by atoms with Crippen LogP contribution in [0.4, 0.5) is 0 Å². The maximum absolute atomic E-state index is 12.3. The second kappa shape index (κ2) is 5.20. The van der Waals surface area contributed by atoms with Gasteiger partial charge in [-0.15, -0.1) is 0 Å². The Morgan fingerprint density at radius 1 is 1.40 bits per heavy atom. The van der Waals surface area contributed by atoms with Crippen LogP contribution in [-0.2, 0) is 11.2 Å². The fourth-order valence-corrected chi connectivity index (χ4v) is 3.54. The average Bonchev–Trinajstić information content (AvgIpc) is 3.08. The van der Waals surface area contributed by atoms with Crippen molar-refractivity contribution in [2.45, 2.75) is 39.2 Å². The molecule has 110 valence electrons. The number of fused-ring (bicyclic) bond motifs is 1. The highest BCUT2D eigenvalue weighted by atomic mass is 16.2. The lowest BCUT2D eigenvalue weighted by molar-refractivity contribution is -0.130. The van der Waals surface area contributed by atoms with E-state index in [-0.39, 0.29) is 5.91 Å². The quantitative estimate of drug-likeness (QED) is 0.900. The number of hydrogen-bond donors (Lipinski definition) is 1. The first-order valence-electron chi connectivity index (χ1n) is 7.54. The van der Waals surface area contributed by atoms with E-state index in [1.54, 1.807) is 0 Å². The van der Waals surface area contributed by atoms with E-state index in [0.29, 0.717) is 18.4 Å². The van der Waals surface area contributed by atoms with Gasteiger partial charge in [-0.2, -0.15) is 5.10 Å². The molecular weight excluding hydrogens is 252 g/mol. The maximum Gasteiger partial charge on any atom is 0.223 e. The zero-order chi connectivity index (χ0) is 14.3. The molecule has 2 aliphatic rings. The van der Waals surface area contributed by atoms with Crippen LogP contribution < -0.4 is 0 Å². The number of carbonyl (C=O) groups excluding carboxylic acids is 1. The summed E-state index contributed by atoms with van der Waals surface area (Å²) in [6.45, 7) is 7.13. The minimum absolute atomic E-state index is 0.285. The number of hydrogen-bond acceptors (Lipinski definition) is 3. The van der Waals surface area contributed by atoms with Crippen LogP contribution in [0.3, 0.4) is 0 Å². The fourth-order valence-electron chi connectivity index (χ4n) is 3.54. The van der Waals surface area contributed by atoms with Crippen molar-refractivity contribution in [1.82, 2.24) is 20.0 Å². The normalized spacial score (nSPS) is 26.2. The summed E-state index contributed by atoms with van der Waals surface area (Å²) < 4.78 is 0. The van der Waals surface area contributed by atoms with Crippen LogP contribution in [0.1, 0.15) is 29.8 Å². The largest absolute Gasteiger partial charge is 0.341 e. The van der Waals surface area contributed by atoms with Crippen molar-refractivity contribution in [1.29, 1.82) is 0 Å². The fraction of sp³-hybridized carbons (Fsp3) is 0.733. The zero-order valence-electron chi connectivity index (χ0n) is 12.6. The number of H-pyrrole nitrogens is 1. The summed E-state index contributed by atoms with van der Waals surface area (Å²) in [6.07, 6.45) is 2.56. The molecule has 2 aliphatic heterocycles. The molecule has 2 atom stereocenters. The predicted molar refractivity (Wildman–Crippen MR) is 77.5 cm³/mol. The average molecular weight is 276 g/mol. The Kier molecular flexibility index (Phi) is 3.54. The van der Waals surface area contributed by atoms with Gasteiger partial charge in [0, 0.05) is 37.7 Å². The van der Waals surface area contributed by atoms with E-state index in [1.165, 1.54) is 18.5 Å². The molecule has 0 saturated carbocycles. The molecule has 3 heterocycles.